The fraction of sp³-hybridized carbons (Fsp3) is 0.714. The highest BCUT2D eigenvalue weighted by Gasteiger charge is 2.54. The molecule has 13 nitrogen and oxygen atoms in total. The largest absolute Gasteiger partial charge is 0.472 e. The minimum atomic E-state index is -5.16. The van der Waals surface area contributed by atoms with E-state index in [9.17, 15) is 23.7 Å². The van der Waals surface area contributed by atoms with Crippen molar-refractivity contribution in [2.75, 3.05) is 6.61 Å². The van der Waals surface area contributed by atoms with E-state index in [1.807, 2.05) is 0 Å². The number of rotatable bonds is 7. The van der Waals surface area contributed by atoms with Gasteiger partial charge in [0.15, 0.2) is 18.3 Å². The number of phosphoric ester groups is 1. The lowest BCUT2D eigenvalue weighted by molar-refractivity contribution is -0.291. The summed E-state index contributed by atoms with van der Waals surface area (Å²) in [6, 6.07) is 0. The third-order valence-corrected chi connectivity index (χ3v) is 3.67. The maximum absolute atomic E-state index is 11.5. The van der Waals surface area contributed by atoms with Crippen LogP contribution in [0.15, 0.2) is 0 Å². The van der Waals surface area contributed by atoms with Crippen molar-refractivity contribution in [3.8, 4) is 0 Å². The van der Waals surface area contributed by atoms with Gasteiger partial charge in [-0.3, -0.25) is 23.7 Å². The fourth-order valence-electron chi connectivity index (χ4n) is 2.41. The van der Waals surface area contributed by atoms with Gasteiger partial charge in [0.05, 0.1) is 0 Å². The zero-order valence-corrected chi connectivity index (χ0v) is 16.3. The number of ether oxygens (including phenoxy) is 5. The zero-order valence-electron chi connectivity index (χ0n) is 15.4. The average Bonchev–Trinajstić information content (AvgIpc) is 2.48. The van der Waals surface area contributed by atoms with Crippen LogP contribution in [0.1, 0.15) is 27.7 Å². The van der Waals surface area contributed by atoms with Gasteiger partial charge in [0.25, 0.3) is 0 Å². The molecule has 0 aromatic heterocycles. The van der Waals surface area contributed by atoms with Gasteiger partial charge in [0.1, 0.15) is 12.7 Å². The van der Waals surface area contributed by atoms with Gasteiger partial charge in [0.2, 0.25) is 6.29 Å². The summed E-state index contributed by atoms with van der Waals surface area (Å²) in [5.41, 5.74) is 0. The number of carbonyl (C=O) groups excluding carboxylic acids is 4. The molecule has 0 spiro atoms. The van der Waals surface area contributed by atoms with Gasteiger partial charge in [-0.1, -0.05) is 0 Å². The van der Waals surface area contributed by atoms with Gasteiger partial charge in [-0.25, -0.2) is 4.57 Å². The number of esters is 4. The Hall–Kier alpha value is -2.05. The van der Waals surface area contributed by atoms with Crippen molar-refractivity contribution in [1.29, 1.82) is 0 Å². The van der Waals surface area contributed by atoms with Crippen molar-refractivity contribution in [3.05, 3.63) is 0 Å². The maximum Gasteiger partial charge on any atom is 0.472 e. The first-order valence-corrected chi connectivity index (χ1v) is 9.37. The van der Waals surface area contributed by atoms with Gasteiger partial charge in [-0.15, -0.1) is 0 Å². The zero-order chi connectivity index (χ0) is 21.6. The molecule has 0 aliphatic carbocycles. The minimum absolute atomic E-state index is 0.543. The summed E-state index contributed by atoms with van der Waals surface area (Å²) in [5.74, 6) is -3.38. The second-order valence-electron chi connectivity index (χ2n) is 5.66. The normalized spacial score (nSPS) is 27.4. The van der Waals surface area contributed by atoms with Gasteiger partial charge in [-0.2, -0.15) is 0 Å². The first-order chi connectivity index (χ1) is 12.8. The van der Waals surface area contributed by atoms with Crippen LogP contribution < -0.4 is 0 Å². The van der Waals surface area contributed by atoms with E-state index in [2.05, 4.69) is 4.52 Å². The lowest BCUT2D eigenvalue weighted by Crippen LogP contribution is -2.62. The van der Waals surface area contributed by atoms with E-state index >= 15 is 0 Å². The molecule has 1 aliphatic rings. The molecular formula is C14H21O13P. The standard InChI is InChI=1S/C14H21O13P/c1-6(15)22-5-10-11(23-7(2)16)12(24-8(3)17)13(25-9(4)18)14(26-10)27-28(19,20)21/h10-14H,5H2,1-4H3,(H2,19,20,21)/t10-,11-,12+,13-,14-/m1/s1. The van der Waals surface area contributed by atoms with Crippen LogP contribution in [0, 0.1) is 0 Å². The Morgan fingerprint density at radius 1 is 0.821 bits per heavy atom. The summed E-state index contributed by atoms with van der Waals surface area (Å²) in [6.07, 6.45) is -8.01. The maximum atomic E-state index is 11.5. The minimum Gasteiger partial charge on any atom is -0.463 e. The van der Waals surface area contributed by atoms with Crippen LogP contribution in [0.25, 0.3) is 0 Å². The van der Waals surface area contributed by atoms with Crippen molar-refractivity contribution in [2.45, 2.75) is 58.4 Å². The second-order valence-corrected chi connectivity index (χ2v) is 6.86. The molecule has 0 aromatic rings. The predicted molar refractivity (Wildman–Crippen MR) is 85.1 cm³/mol. The highest BCUT2D eigenvalue weighted by atomic mass is 31.2. The molecule has 2 N–H and O–H groups in total. The Kier molecular flexibility index (Phi) is 8.51. The molecule has 14 heteroatoms. The Morgan fingerprint density at radius 2 is 1.29 bits per heavy atom. The highest BCUT2D eigenvalue weighted by molar-refractivity contribution is 7.46. The molecule has 1 aliphatic heterocycles. The van der Waals surface area contributed by atoms with Crippen LogP contribution in [0.3, 0.4) is 0 Å². The van der Waals surface area contributed by atoms with Crippen LogP contribution >= 0.6 is 7.82 Å². The molecule has 0 unspecified atom stereocenters. The topological polar surface area (TPSA) is 181 Å². The Bertz CT molecular complexity index is 656. The van der Waals surface area contributed by atoms with Crippen molar-refractivity contribution >= 4 is 31.7 Å². The van der Waals surface area contributed by atoms with Gasteiger partial charge in [-0.05, 0) is 0 Å². The van der Waals surface area contributed by atoms with E-state index < -0.39 is 69.0 Å². The number of hydrogen-bond acceptors (Lipinski definition) is 11. The van der Waals surface area contributed by atoms with Gasteiger partial charge < -0.3 is 33.5 Å². The summed E-state index contributed by atoms with van der Waals surface area (Å²) in [6.45, 7) is 3.56. The van der Waals surface area contributed by atoms with Crippen LogP contribution in [0.5, 0.6) is 0 Å². The summed E-state index contributed by atoms with van der Waals surface area (Å²) in [4.78, 5) is 63.7. The SMILES string of the molecule is CC(=O)OC[C@H]1O[C@H](OP(=O)(O)O)[C@H](OC(C)=O)[C@@H](OC(C)=O)[C@@H]1OC(C)=O. The number of phosphoric acid groups is 1. The van der Waals surface area contributed by atoms with E-state index in [1.54, 1.807) is 0 Å². The Balaban J connectivity index is 3.34. The molecule has 0 radical (unpaired) electrons. The molecule has 1 rings (SSSR count). The smallest absolute Gasteiger partial charge is 0.463 e. The van der Waals surface area contributed by atoms with E-state index in [4.69, 9.17) is 33.5 Å². The Morgan fingerprint density at radius 3 is 1.71 bits per heavy atom. The van der Waals surface area contributed by atoms with E-state index in [1.165, 1.54) is 0 Å². The van der Waals surface area contributed by atoms with Crippen LogP contribution in [-0.2, 0) is 52.0 Å². The first-order valence-electron chi connectivity index (χ1n) is 7.84. The van der Waals surface area contributed by atoms with Crippen LogP contribution in [0.2, 0.25) is 0 Å². The average molecular weight is 428 g/mol. The quantitative estimate of drug-likeness (QED) is 0.292. The second kappa shape index (κ2) is 9.94. The molecule has 160 valence electrons. The third-order valence-electron chi connectivity index (χ3n) is 3.19. The first kappa shape index (κ1) is 24.0. The van der Waals surface area contributed by atoms with Crippen molar-refractivity contribution in [1.82, 2.24) is 0 Å². The monoisotopic (exact) mass is 428 g/mol. The van der Waals surface area contributed by atoms with Crippen molar-refractivity contribution in [3.63, 3.8) is 0 Å². The molecule has 5 atom stereocenters. The van der Waals surface area contributed by atoms with Crippen molar-refractivity contribution in [2.24, 2.45) is 0 Å². The van der Waals surface area contributed by atoms with Gasteiger partial charge in [0, 0.05) is 27.7 Å². The molecule has 1 heterocycles. The molecule has 0 bridgehead atoms. The molecule has 0 aromatic carbocycles. The predicted octanol–water partition coefficient (Wildman–Crippen LogP) is -0.821. The summed E-state index contributed by atoms with van der Waals surface area (Å²) >= 11 is 0. The molecule has 28 heavy (non-hydrogen) atoms. The molecular weight excluding hydrogens is 407 g/mol. The Labute approximate surface area is 159 Å². The van der Waals surface area contributed by atoms with Crippen molar-refractivity contribution < 1.29 is 61.7 Å². The van der Waals surface area contributed by atoms with Crippen LogP contribution in [-0.4, -0.2) is 71.0 Å². The lowest BCUT2D eigenvalue weighted by Gasteiger charge is -2.43. The lowest BCUT2D eigenvalue weighted by atomic mass is 9.98. The summed E-state index contributed by atoms with van der Waals surface area (Å²) < 4.78 is 40.9. The summed E-state index contributed by atoms with van der Waals surface area (Å²) in [5, 5.41) is 0. The van der Waals surface area contributed by atoms with Crippen LogP contribution in [0.4, 0.5) is 0 Å². The van der Waals surface area contributed by atoms with E-state index in [0.717, 1.165) is 27.7 Å². The van der Waals surface area contributed by atoms with E-state index in [-0.39, 0.29) is 0 Å². The van der Waals surface area contributed by atoms with E-state index in [0.29, 0.717) is 0 Å². The summed E-state index contributed by atoms with van der Waals surface area (Å²) in [7, 11) is -5.16. The third kappa shape index (κ3) is 7.90. The molecule has 0 saturated carbocycles. The molecule has 1 fully saturated rings. The fourth-order valence-corrected chi connectivity index (χ4v) is 2.85. The highest BCUT2D eigenvalue weighted by Crippen LogP contribution is 2.42. The number of carbonyl (C=O) groups is 4. The molecule has 0 amide bonds. The number of hydrogen-bond donors (Lipinski definition) is 2. The molecule has 1 saturated heterocycles. The van der Waals surface area contributed by atoms with Gasteiger partial charge >= 0.3 is 31.7 Å².